The van der Waals surface area contributed by atoms with Crippen molar-refractivity contribution in [2.45, 2.75) is 97.2 Å². The second-order valence-corrected chi connectivity index (χ2v) is 9.44. The van der Waals surface area contributed by atoms with E-state index >= 15 is 0 Å². The fraction of sp³-hybridized carbons (Fsp3) is 0.900. The molecule has 0 aliphatic heterocycles. The van der Waals surface area contributed by atoms with Crippen molar-refractivity contribution in [3.8, 4) is 0 Å². The average Bonchev–Trinajstić information content (AvgIpc) is 2.59. The Bertz CT molecular complexity index is 574. The van der Waals surface area contributed by atoms with Crippen molar-refractivity contribution < 1.29 is 32.8 Å². The van der Waals surface area contributed by atoms with Crippen molar-refractivity contribution in [1.82, 2.24) is 6.15 Å². The molecule has 29 heavy (non-hydrogen) atoms. The Morgan fingerprint density at radius 1 is 0.862 bits per heavy atom. The molecule has 3 unspecified atom stereocenters. The zero-order valence-electron chi connectivity index (χ0n) is 18.7. The second-order valence-electron chi connectivity index (χ2n) is 7.94. The van der Waals surface area contributed by atoms with Gasteiger partial charge in [-0.05, 0) is 24.7 Å². The van der Waals surface area contributed by atoms with Gasteiger partial charge in [-0.1, -0.05) is 79.1 Å². The first-order valence-corrected chi connectivity index (χ1v) is 11.9. The van der Waals surface area contributed by atoms with Crippen LogP contribution < -0.4 is 6.15 Å². The third kappa shape index (κ3) is 9.00. The fourth-order valence-corrected chi connectivity index (χ4v) is 5.27. The molecule has 0 radical (unpaired) electrons. The van der Waals surface area contributed by atoms with Crippen LogP contribution in [-0.2, 0) is 19.7 Å². The molecule has 174 valence electrons. The van der Waals surface area contributed by atoms with Crippen molar-refractivity contribution in [2.24, 2.45) is 17.3 Å². The first-order valence-electron chi connectivity index (χ1n) is 10.4. The molecule has 0 aliphatic rings. The predicted octanol–water partition coefficient (Wildman–Crippen LogP) is 4.99. The normalized spacial score (nSPS) is 16.9. The standard InChI is InChI=1S/C20H38O7S.H3N/c1-5-9-11-15(7-3)13-20(19(23)24,14-16(8-4)12-10-6-2)17(18(21)22)28(25,26)27;/h15-17H,5-14H2,1-4H3,(H,21,22)(H,23,24)(H,25,26,27);1H3/p+1. The number of carboxylic acid groups (broad SMARTS) is 2. The molecule has 0 aromatic heterocycles. The Hall–Kier alpha value is -1.19. The Morgan fingerprint density at radius 3 is 1.45 bits per heavy atom. The molecule has 0 aromatic carbocycles. The summed E-state index contributed by atoms with van der Waals surface area (Å²) in [4.78, 5) is 24.3. The van der Waals surface area contributed by atoms with E-state index in [1.54, 1.807) is 0 Å². The lowest BCUT2D eigenvalue weighted by Gasteiger charge is -2.38. The van der Waals surface area contributed by atoms with Crippen LogP contribution in [0.25, 0.3) is 0 Å². The second kappa shape index (κ2) is 13.9. The largest absolute Gasteiger partial charge is 0.481 e. The van der Waals surface area contributed by atoms with E-state index in [-0.39, 0.29) is 30.8 Å². The fourth-order valence-electron chi connectivity index (χ4n) is 4.15. The Morgan fingerprint density at radius 2 is 1.24 bits per heavy atom. The molecule has 0 aliphatic carbocycles. The number of carbonyl (C=O) groups is 2. The molecule has 0 spiro atoms. The van der Waals surface area contributed by atoms with Crippen molar-refractivity contribution in [2.75, 3.05) is 0 Å². The van der Waals surface area contributed by atoms with E-state index < -0.39 is 32.7 Å². The van der Waals surface area contributed by atoms with E-state index in [0.29, 0.717) is 25.7 Å². The molecule has 0 saturated carbocycles. The summed E-state index contributed by atoms with van der Waals surface area (Å²) < 4.78 is 33.7. The Labute approximate surface area is 175 Å². The minimum Gasteiger partial charge on any atom is -0.481 e. The monoisotopic (exact) mass is 440 g/mol. The summed E-state index contributed by atoms with van der Waals surface area (Å²) in [5.74, 6) is -3.50. The van der Waals surface area contributed by atoms with E-state index in [1.165, 1.54) is 0 Å². The van der Waals surface area contributed by atoms with Gasteiger partial charge in [0.2, 0.25) is 0 Å². The third-order valence-electron chi connectivity index (χ3n) is 5.84. The molecule has 9 heteroatoms. The lowest BCUT2D eigenvalue weighted by atomic mass is 9.68. The third-order valence-corrected chi connectivity index (χ3v) is 7.09. The van der Waals surface area contributed by atoms with Crippen LogP contribution in [0.5, 0.6) is 0 Å². The number of rotatable bonds is 16. The van der Waals surface area contributed by atoms with Gasteiger partial charge in [0.25, 0.3) is 10.1 Å². The van der Waals surface area contributed by atoms with Crippen LogP contribution in [-0.4, -0.2) is 40.4 Å². The van der Waals surface area contributed by atoms with Gasteiger partial charge in [0.05, 0.1) is 5.41 Å². The SMILES string of the molecule is CCCCC(CC)CC(CC(CC)CCCC)(C(=O)O)C(C(=O)O)S(=O)(=O)O.[NH4+]. The molecule has 0 aromatic rings. The van der Waals surface area contributed by atoms with E-state index in [9.17, 15) is 32.8 Å². The highest BCUT2D eigenvalue weighted by molar-refractivity contribution is 7.87. The number of aliphatic carboxylic acids is 2. The lowest BCUT2D eigenvalue weighted by molar-refractivity contribution is -0.158. The Kier molecular flexibility index (Phi) is 14.4. The summed E-state index contributed by atoms with van der Waals surface area (Å²) in [6.07, 6.45) is 6.02. The number of hydrogen-bond donors (Lipinski definition) is 4. The van der Waals surface area contributed by atoms with Crippen molar-refractivity contribution >= 4 is 22.1 Å². The molecule has 7 N–H and O–H groups in total. The van der Waals surface area contributed by atoms with Gasteiger partial charge in [-0.3, -0.25) is 14.1 Å². The van der Waals surface area contributed by atoms with Crippen molar-refractivity contribution in [1.29, 1.82) is 0 Å². The maximum atomic E-state index is 12.4. The van der Waals surface area contributed by atoms with Crippen LogP contribution in [0.4, 0.5) is 0 Å². The molecule has 0 saturated heterocycles. The quantitative estimate of drug-likeness (QED) is 0.245. The van der Waals surface area contributed by atoms with E-state index in [1.807, 2.05) is 27.7 Å². The topological polar surface area (TPSA) is 165 Å². The molecule has 3 atom stereocenters. The first kappa shape index (κ1) is 30.0. The predicted molar refractivity (Wildman–Crippen MR) is 115 cm³/mol. The maximum absolute atomic E-state index is 12.4. The van der Waals surface area contributed by atoms with Crippen LogP contribution in [0.3, 0.4) is 0 Å². The van der Waals surface area contributed by atoms with Gasteiger partial charge in [0.1, 0.15) is 0 Å². The van der Waals surface area contributed by atoms with E-state index in [4.69, 9.17) is 0 Å². The summed E-state index contributed by atoms with van der Waals surface area (Å²) in [5, 5.41) is 17.3. The summed E-state index contributed by atoms with van der Waals surface area (Å²) in [6, 6.07) is 0. The van der Waals surface area contributed by atoms with Gasteiger partial charge in [-0.25, -0.2) is 0 Å². The summed E-state index contributed by atoms with van der Waals surface area (Å²) in [5.41, 5.74) is -2.05. The van der Waals surface area contributed by atoms with Gasteiger partial charge in [0, 0.05) is 0 Å². The zero-order chi connectivity index (χ0) is 22.0. The lowest BCUT2D eigenvalue weighted by Crippen LogP contribution is -2.53. The molecule has 0 fully saturated rings. The highest BCUT2D eigenvalue weighted by Gasteiger charge is 2.57. The summed E-state index contributed by atoms with van der Waals surface area (Å²) >= 11 is 0. The van der Waals surface area contributed by atoms with Crippen LogP contribution in [0.1, 0.15) is 91.9 Å². The summed E-state index contributed by atoms with van der Waals surface area (Å²) in [6.45, 7) is 7.80. The number of hydrogen-bond acceptors (Lipinski definition) is 4. The van der Waals surface area contributed by atoms with Crippen molar-refractivity contribution in [3.63, 3.8) is 0 Å². The highest BCUT2D eigenvalue weighted by Crippen LogP contribution is 2.44. The number of unbranched alkanes of at least 4 members (excludes halogenated alkanes) is 2. The van der Waals surface area contributed by atoms with Gasteiger partial charge in [0.15, 0.2) is 5.25 Å². The zero-order valence-corrected chi connectivity index (χ0v) is 19.5. The molecule has 0 rings (SSSR count). The number of carboxylic acids is 2. The maximum Gasteiger partial charge on any atom is 0.325 e. The van der Waals surface area contributed by atoms with Gasteiger partial charge >= 0.3 is 11.9 Å². The first-order chi connectivity index (χ1) is 13.0. The summed E-state index contributed by atoms with van der Waals surface area (Å²) in [7, 11) is -5.10. The van der Waals surface area contributed by atoms with Crippen LogP contribution in [0.15, 0.2) is 0 Å². The van der Waals surface area contributed by atoms with E-state index in [0.717, 1.165) is 25.7 Å². The van der Waals surface area contributed by atoms with Crippen molar-refractivity contribution in [3.05, 3.63) is 0 Å². The van der Waals surface area contributed by atoms with Gasteiger partial charge in [-0.15, -0.1) is 0 Å². The molecular formula is C20H42NO7S+. The minimum atomic E-state index is -5.10. The molecular weight excluding hydrogens is 398 g/mol. The van der Waals surface area contributed by atoms with Crippen LogP contribution >= 0.6 is 0 Å². The molecule has 0 amide bonds. The average molecular weight is 441 g/mol. The molecule has 0 heterocycles. The smallest absolute Gasteiger partial charge is 0.325 e. The number of quaternary nitrogens is 1. The van der Waals surface area contributed by atoms with Crippen LogP contribution in [0, 0.1) is 17.3 Å². The van der Waals surface area contributed by atoms with Gasteiger partial charge < -0.3 is 16.4 Å². The molecule has 8 nitrogen and oxygen atoms in total. The highest BCUT2D eigenvalue weighted by atomic mass is 32.2. The van der Waals surface area contributed by atoms with E-state index in [2.05, 4.69) is 0 Å². The Balaban J connectivity index is 0. The van der Waals surface area contributed by atoms with Crippen LogP contribution in [0.2, 0.25) is 0 Å². The van der Waals surface area contributed by atoms with Gasteiger partial charge in [-0.2, -0.15) is 8.42 Å². The minimum absolute atomic E-state index is 0. The molecule has 0 bridgehead atoms.